The minimum absolute atomic E-state index is 0.0134. The summed E-state index contributed by atoms with van der Waals surface area (Å²) in [5, 5.41) is 9.08. The highest BCUT2D eigenvalue weighted by atomic mass is 32.2. The molecule has 21 heavy (non-hydrogen) atoms. The predicted octanol–water partition coefficient (Wildman–Crippen LogP) is 1.09. The highest BCUT2D eigenvalue weighted by Crippen LogP contribution is 2.23. The highest BCUT2D eigenvalue weighted by molar-refractivity contribution is 7.89. The van der Waals surface area contributed by atoms with Gasteiger partial charge in [-0.15, -0.1) is 0 Å². The van der Waals surface area contributed by atoms with Crippen molar-refractivity contribution in [2.45, 2.75) is 44.7 Å². The fourth-order valence-electron chi connectivity index (χ4n) is 2.57. The van der Waals surface area contributed by atoms with E-state index in [0.29, 0.717) is 31.8 Å². The Morgan fingerprint density at radius 2 is 2.24 bits per heavy atom. The van der Waals surface area contributed by atoms with E-state index in [-0.39, 0.29) is 11.6 Å². The lowest BCUT2D eigenvalue weighted by Gasteiger charge is -2.29. The summed E-state index contributed by atoms with van der Waals surface area (Å²) in [7, 11) is -3.71. The third-order valence-electron chi connectivity index (χ3n) is 3.76. The fraction of sp³-hybridized carbons (Fsp3) is 0.692. The monoisotopic (exact) mass is 315 g/mol. The first kappa shape index (κ1) is 16.0. The molecule has 1 N–H and O–H groups in total. The van der Waals surface area contributed by atoms with Crippen molar-refractivity contribution in [1.29, 1.82) is 0 Å². The van der Waals surface area contributed by atoms with Crippen LogP contribution in [0.1, 0.15) is 32.0 Å². The zero-order valence-corrected chi connectivity index (χ0v) is 13.1. The SMILES string of the molecule is CCCn1cc(S(=O)(=O)N2CCCC(C(=O)O)C2)nc1C. The maximum Gasteiger partial charge on any atom is 0.307 e. The molecular formula is C13H21N3O4S. The van der Waals surface area contributed by atoms with Crippen LogP contribution >= 0.6 is 0 Å². The number of sulfonamides is 1. The van der Waals surface area contributed by atoms with Crippen molar-refractivity contribution in [3.8, 4) is 0 Å². The van der Waals surface area contributed by atoms with Crippen LogP contribution in [0.15, 0.2) is 11.2 Å². The minimum atomic E-state index is -3.71. The van der Waals surface area contributed by atoms with Gasteiger partial charge in [-0.25, -0.2) is 13.4 Å². The summed E-state index contributed by atoms with van der Waals surface area (Å²) >= 11 is 0. The largest absolute Gasteiger partial charge is 0.481 e. The molecule has 1 aromatic heterocycles. The maximum atomic E-state index is 12.6. The topological polar surface area (TPSA) is 92.5 Å². The first-order valence-electron chi connectivity index (χ1n) is 7.13. The van der Waals surface area contributed by atoms with Crippen LogP contribution in [-0.4, -0.2) is 46.4 Å². The van der Waals surface area contributed by atoms with Crippen molar-refractivity contribution in [2.24, 2.45) is 5.92 Å². The maximum absolute atomic E-state index is 12.6. The van der Waals surface area contributed by atoms with E-state index in [4.69, 9.17) is 5.11 Å². The Kier molecular flexibility index (Phi) is 4.67. The van der Waals surface area contributed by atoms with E-state index in [1.807, 2.05) is 11.5 Å². The summed E-state index contributed by atoms with van der Waals surface area (Å²) in [6.07, 6.45) is 3.51. The lowest BCUT2D eigenvalue weighted by molar-refractivity contribution is -0.142. The van der Waals surface area contributed by atoms with E-state index < -0.39 is 21.9 Å². The third-order valence-corrected chi connectivity index (χ3v) is 5.49. The average Bonchev–Trinajstić information content (AvgIpc) is 2.81. The van der Waals surface area contributed by atoms with Gasteiger partial charge in [0.05, 0.1) is 5.92 Å². The van der Waals surface area contributed by atoms with E-state index >= 15 is 0 Å². The Balaban J connectivity index is 2.25. The van der Waals surface area contributed by atoms with Gasteiger partial charge in [0.1, 0.15) is 5.82 Å². The van der Waals surface area contributed by atoms with Gasteiger partial charge in [-0.1, -0.05) is 6.92 Å². The van der Waals surface area contributed by atoms with E-state index in [0.717, 1.165) is 6.42 Å². The molecule has 0 spiro atoms. The molecule has 1 aromatic rings. The molecular weight excluding hydrogens is 294 g/mol. The van der Waals surface area contributed by atoms with Crippen LogP contribution in [-0.2, 0) is 21.4 Å². The molecule has 0 aromatic carbocycles. The molecule has 2 heterocycles. The Bertz CT molecular complexity index is 623. The smallest absolute Gasteiger partial charge is 0.307 e. The van der Waals surface area contributed by atoms with Gasteiger partial charge >= 0.3 is 5.97 Å². The van der Waals surface area contributed by atoms with Gasteiger partial charge in [0.2, 0.25) is 0 Å². The molecule has 1 fully saturated rings. The number of aromatic nitrogens is 2. The lowest BCUT2D eigenvalue weighted by atomic mass is 10.0. The summed E-state index contributed by atoms with van der Waals surface area (Å²) in [4.78, 5) is 15.2. The van der Waals surface area contributed by atoms with Crippen LogP contribution < -0.4 is 0 Å². The molecule has 1 atom stereocenters. The molecule has 0 bridgehead atoms. The summed E-state index contributed by atoms with van der Waals surface area (Å²) in [5.74, 6) is -0.919. The van der Waals surface area contributed by atoms with Crippen molar-refractivity contribution < 1.29 is 18.3 Å². The number of carbonyl (C=O) groups is 1. The summed E-state index contributed by atoms with van der Waals surface area (Å²) < 4.78 is 28.2. The van der Waals surface area contributed by atoms with E-state index in [1.165, 1.54) is 4.31 Å². The van der Waals surface area contributed by atoms with E-state index in [1.54, 1.807) is 13.1 Å². The first-order valence-corrected chi connectivity index (χ1v) is 8.57. The van der Waals surface area contributed by atoms with Gasteiger partial charge in [0.25, 0.3) is 10.0 Å². The highest BCUT2D eigenvalue weighted by Gasteiger charge is 2.34. The normalized spacial score (nSPS) is 20.6. The van der Waals surface area contributed by atoms with E-state index in [2.05, 4.69) is 4.98 Å². The van der Waals surface area contributed by atoms with Gasteiger partial charge in [0.15, 0.2) is 5.03 Å². The number of rotatable bonds is 5. The van der Waals surface area contributed by atoms with Crippen molar-refractivity contribution in [3.05, 3.63) is 12.0 Å². The second-order valence-electron chi connectivity index (χ2n) is 5.36. The fourth-order valence-corrected chi connectivity index (χ4v) is 4.08. The van der Waals surface area contributed by atoms with Crippen molar-refractivity contribution >= 4 is 16.0 Å². The summed E-state index contributed by atoms with van der Waals surface area (Å²) in [6.45, 7) is 4.87. The predicted molar refractivity (Wildman–Crippen MR) is 76.4 cm³/mol. The van der Waals surface area contributed by atoms with Crippen LogP contribution in [0.4, 0.5) is 0 Å². The second-order valence-corrected chi connectivity index (χ2v) is 7.24. The van der Waals surface area contributed by atoms with Crippen LogP contribution in [0.5, 0.6) is 0 Å². The standard InChI is InChI=1S/C13H21N3O4S/c1-3-6-15-9-12(14-10(15)2)21(19,20)16-7-4-5-11(8-16)13(17)18/h9,11H,3-8H2,1-2H3,(H,17,18). The van der Waals surface area contributed by atoms with E-state index in [9.17, 15) is 13.2 Å². The molecule has 1 saturated heterocycles. The Morgan fingerprint density at radius 1 is 1.52 bits per heavy atom. The molecule has 1 aliphatic heterocycles. The minimum Gasteiger partial charge on any atom is -0.481 e. The quantitative estimate of drug-likeness (QED) is 0.878. The summed E-state index contributed by atoms with van der Waals surface area (Å²) in [5.41, 5.74) is 0. The number of nitrogens with zero attached hydrogens (tertiary/aromatic N) is 3. The number of imidazole rings is 1. The molecule has 0 radical (unpaired) electrons. The Morgan fingerprint density at radius 3 is 2.86 bits per heavy atom. The third kappa shape index (κ3) is 3.26. The zero-order chi connectivity index (χ0) is 15.6. The number of carboxylic acids is 1. The first-order chi connectivity index (χ1) is 9.86. The molecule has 2 rings (SSSR count). The second kappa shape index (κ2) is 6.15. The van der Waals surface area contributed by atoms with Gasteiger partial charge in [0, 0.05) is 25.8 Å². The number of aliphatic carboxylic acids is 1. The van der Waals surface area contributed by atoms with Gasteiger partial charge < -0.3 is 9.67 Å². The van der Waals surface area contributed by atoms with Gasteiger partial charge in [-0.05, 0) is 26.2 Å². The number of piperidine rings is 1. The van der Waals surface area contributed by atoms with Crippen LogP contribution in [0.25, 0.3) is 0 Å². The Hall–Kier alpha value is -1.41. The van der Waals surface area contributed by atoms with Crippen molar-refractivity contribution in [3.63, 3.8) is 0 Å². The molecule has 0 saturated carbocycles. The molecule has 1 unspecified atom stereocenters. The average molecular weight is 315 g/mol. The molecule has 0 amide bonds. The molecule has 7 nitrogen and oxygen atoms in total. The van der Waals surface area contributed by atoms with Crippen molar-refractivity contribution in [2.75, 3.05) is 13.1 Å². The zero-order valence-electron chi connectivity index (χ0n) is 12.3. The van der Waals surface area contributed by atoms with Crippen LogP contribution in [0, 0.1) is 12.8 Å². The number of aryl methyl sites for hydroxylation is 2. The molecule has 8 heteroatoms. The summed E-state index contributed by atoms with van der Waals surface area (Å²) in [6, 6.07) is 0. The number of hydrogen-bond donors (Lipinski definition) is 1. The van der Waals surface area contributed by atoms with Crippen LogP contribution in [0.2, 0.25) is 0 Å². The Labute approximate surface area is 124 Å². The molecule has 0 aliphatic carbocycles. The number of hydrogen-bond acceptors (Lipinski definition) is 4. The van der Waals surface area contributed by atoms with Gasteiger partial charge in [-0.3, -0.25) is 4.79 Å². The lowest BCUT2D eigenvalue weighted by Crippen LogP contribution is -2.42. The number of carboxylic acid groups (broad SMARTS) is 1. The van der Waals surface area contributed by atoms with Gasteiger partial charge in [-0.2, -0.15) is 4.31 Å². The molecule has 118 valence electrons. The molecule has 1 aliphatic rings. The van der Waals surface area contributed by atoms with Crippen LogP contribution in [0.3, 0.4) is 0 Å². The van der Waals surface area contributed by atoms with Crippen molar-refractivity contribution in [1.82, 2.24) is 13.9 Å².